The lowest BCUT2D eigenvalue weighted by molar-refractivity contribution is 0.481. The molecule has 0 aliphatic heterocycles. The van der Waals surface area contributed by atoms with Crippen LogP contribution in [0.4, 0.5) is 0 Å². The van der Waals surface area contributed by atoms with Gasteiger partial charge in [0.15, 0.2) is 0 Å². The van der Waals surface area contributed by atoms with Crippen LogP contribution in [0.2, 0.25) is 0 Å². The summed E-state index contributed by atoms with van der Waals surface area (Å²) in [7, 11) is -4.12. The van der Waals surface area contributed by atoms with Crippen LogP contribution in [0.25, 0.3) is 0 Å². The van der Waals surface area contributed by atoms with E-state index in [1.165, 1.54) is 6.07 Å². The number of hydrogen-bond acceptors (Lipinski definition) is 3. The maximum atomic E-state index is 10.8. The van der Waals surface area contributed by atoms with E-state index < -0.39 is 10.1 Å². The van der Waals surface area contributed by atoms with Crippen molar-refractivity contribution in [1.29, 1.82) is 0 Å². The summed E-state index contributed by atoms with van der Waals surface area (Å²) in [6.07, 6.45) is 0.483. The van der Waals surface area contributed by atoms with Crippen LogP contribution in [0.3, 0.4) is 0 Å². The molecule has 0 saturated heterocycles. The molecule has 1 aromatic rings. The second-order valence-corrected chi connectivity index (χ2v) is 4.12. The van der Waals surface area contributed by atoms with E-state index in [-0.39, 0.29) is 4.90 Å². The van der Waals surface area contributed by atoms with Gasteiger partial charge >= 0.3 is 0 Å². The van der Waals surface area contributed by atoms with Crippen molar-refractivity contribution in [3.63, 3.8) is 0 Å². The topological polar surface area (TPSA) is 67.3 Å². The van der Waals surface area contributed by atoms with E-state index in [2.05, 4.69) is 4.98 Å². The monoisotopic (exact) mass is 201 g/mol. The van der Waals surface area contributed by atoms with Crippen LogP contribution < -0.4 is 0 Å². The van der Waals surface area contributed by atoms with E-state index in [0.717, 1.165) is 5.69 Å². The van der Waals surface area contributed by atoms with Crippen LogP contribution in [0.15, 0.2) is 17.0 Å². The number of aryl methyl sites for hydroxylation is 2. The van der Waals surface area contributed by atoms with Crippen molar-refractivity contribution in [3.05, 3.63) is 23.5 Å². The summed E-state index contributed by atoms with van der Waals surface area (Å²) in [5.74, 6) is 0. The van der Waals surface area contributed by atoms with Crippen LogP contribution in [-0.2, 0) is 16.5 Å². The molecule has 0 aliphatic carbocycles. The number of aromatic nitrogens is 1. The highest BCUT2D eigenvalue weighted by atomic mass is 32.2. The van der Waals surface area contributed by atoms with E-state index in [1.54, 1.807) is 19.9 Å². The Morgan fingerprint density at radius 1 is 1.46 bits per heavy atom. The zero-order valence-corrected chi connectivity index (χ0v) is 8.30. The Morgan fingerprint density at radius 2 is 2.08 bits per heavy atom. The van der Waals surface area contributed by atoms with Gasteiger partial charge in [-0.2, -0.15) is 8.42 Å². The summed E-state index contributed by atoms with van der Waals surface area (Å²) in [4.78, 5) is 3.92. The highest BCUT2D eigenvalue weighted by molar-refractivity contribution is 7.85. The Bertz CT molecular complexity index is 411. The van der Waals surface area contributed by atoms with Crippen molar-refractivity contribution in [1.82, 2.24) is 4.98 Å². The summed E-state index contributed by atoms with van der Waals surface area (Å²) in [5.41, 5.74) is 1.15. The van der Waals surface area contributed by atoms with E-state index in [4.69, 9.17) is 4.55 Å². The SMILES string of the molecule is CCc1nc(C)ccc1S(=O)(=O)O. The predicted octanol–water partition coefficient (Wildman–Crippen LogP) is 1.20. The maximum Gasteiger partial charge on any atom is 0.296 e. The molecule has 0 bridgehead atoms. The first-order chi connectivity index (χ1) is 5.95. The third-order valence-electron chi connectivity index (χ3n) is 1.68. The van der Waals surface area contributed by atoms with Gasteiger partial charge in [-0.25, -0.2) is 0 Å². The zero-order valence-electron chi connectivity index (χ0n) is 7.48. The number of rotatable bonds is 2. The zero-order chi connectivity index (χ0) is 10.1. The normalized spacial score (nSPS) is 11.6. The van der Waals surface area contributed by atoms with Gasteiger partial charge in [-0.15, -0.1) is 0 Å². The van der Waals surface area contributed by atoms with Crippen molar-refractivity contribution in [2.45, 2.75) is 25.2 Å². The molecule has 0 amide bonds. The first-order valence-electron chi connectivity index (χ1n) is 3.89. The number of hydrogen-bond donors (Lipinski definition) is 1. The molecule has 0 aromatic carbocycles. The molecular weight excluding hydrogens is 190 g/mol. The van der Waals surface area contributed by atoms with Gasteiger partial charge < -0.3 is 0 Å². The molecule has 0 saturated carbocycles. The fourth-order valence-corrected chi connectivity index (χ4v) is 1.81. The Morgan fingerprint density at radius 3 is 2.54 bits per heavy atom. The lowest BCUT2D eigenvalue weighted by Gasteiger charge is -2.03. The minimum Gasteiger partial charge on any atom is -0.282 e. The Kier molecular flexibility index (Phi) is 2.68. The maximum absolute atomic E-state index is 10.8. The van der Waals surface area contributed by atoms with E-state index in [0.29, 0.717) is 12.1 Å². The van der Waals surface area contributed by atoms with Gasteiger partial charge in [-0.05, 0) is 25.5 Å². The average molecular weight is 201 g/mol. The van der Waals surface area contributed by atoms with E-state index >= 15 is 0 Å². The molecule has 0 atom stereocenters. The average Bonchev–Trinajstić information content (AvgIpc) is 2.01. The summed E-state index contributed by atoms with van der Waals surface area (Å²) in [6.45, 7) is 3.56. The minimum atomic E-state index is -4.12. The van der Waals surface area contributed by atoms with Crippen LogP contribution in [0.5, 0.6) is 0 Å². The molecule has 13 heavy (non-hydrogen) atoms. The van der Waals surface area contributed by atoms with E-state index in [9.17, 15) is 8.42 Å². The van der Waals surface area contributed by atoms with Crippen LogP contribution in [-0.4, -0.2) is 18.0 Å². The molecule has 0 spiro atoms. The lowest BCUT2D eigenvalue weighted by Crippen LogP contribution is -2.05. The van der Waals surface area contributed by atoms with Gasteiger partial charge in [-0.1, -0.05) is 6.92 Å². The lowest BCUT2D eigenvalue weighted by atomic mass is 10.2. The molecule has 0 unspecified atom stereocenters. The molecule has 1 heterocycles. The summed E-state index contributed by atoms with van der Waals surface area (Å²) in [6, 6.07) is 2.93. The summed E-state index contributed by atoms with van der Waals surface area (Å²) in [5, 5.41) is 0. The molecule has 1 rings (SSSR count). The third kappa shape index (κ3) is 2.26. The third-order valence-corrected chi connectivity index (χ3v) is 2.61. The van der Waals surface area contributed by atoms with Crippen LogP contribution >= 0.6 is 0 Å². The van der Waals surface area contributed by atoms with Gasteiger partial charge in [0.2, 0.25) is 0 Å². The minimum absolute atomic E-state index is 0.0967. The fourth-order valence-electron chi connectivity index (χ4n) is 1.09. The molecule has 5 heteroatoms. The van der Waals surface area contributed by atoms with Crippen LogP contribution in [0, 0.1) is 6.92 Å². The molecule has 1 N–H and O–H groups in total. The van der Waals surface area contributed by atoms with Crippen molar-refractivity contribution >= 4 is 10.1 Å². The largest absolute Gasteiger partial charge is 0.296 e. The fraction of sp³-hybridized carbons (Fsp3) is 0.375. The van der Waals surface area contributed by atoms with Crippen LogP contribution in [0.1, 0.15) is 18.3 Å². The first-order valence-corrected chi connectivity index (χ1v) is 5.33. The molecule has 0 fully saturated rings. The predicted molar refractivity (Wildman–Crippen MR) is 48.2 cm³/mol. The second kappa shape index (κ2) is 3.43. The van der Waals surface area contributed by atoms with Gasteiger partial charge in [0.1, 0.15) is 4.90 Å². The van der Waals surface area contributed by atoms with Crippen molar-refractivity contribution in [3.8, 4) is 0 Å². The quantitative estimate of drug-likeness (QED) is 0.730. The summed E-state index contributed by atoms with van der Waals surface area (Å²) < 4.78 is 30.5. The van der Waals surface area contributed by atoms with Crippen molar-refractivity contribution in [2.75, 3.05) is 0 Å². The van der Waals surface area contributed by atoms with Gasteiger partial charge in [0.05, 0.1) is 5.69 Å². The molecule has 0 aliphatic rings. The van der Waals surface area contributed by atoms with Gasteiger partial charge in [0.25, 0.3) is 10.1 Å². The molecular formula is C8H11NO3S. The highest BCUT2D eigenvalue weighted by Gasteiger charge is 2.14. The number of pyridine rings is 1. The highest BCUT2D eigenvalue weighted by Crippen LogP contribution is 2.14. The Balaban J connectivity index is 3.39. The number of nitrogens with zero attached hydrogens (tertiary/aromatic N) is 1. The summed E-state index contributed by atoms with van der Waals surface area (Å²) >= 11 is 0. The Labute approximate surface area is 77.4 Å². The molecule has 72 valence electrons. The van der Waals surface area contributed by atoms with Crippen molar-refractivity contribution < 1.29 is 13.0 Å². The molecule has 4 nitrogen and oxygen atoms in total. The smallest absolute Gasteiger partial charge is 0.282 e. The first kappa shape index (κ1) is 10.1. The second-order valence-electron chi connectivity index (χ2n) is 2.73. The van der Waals surface area contributed by atoms with Crippen molar-refractivity contribution in [2.24, 2.45) is 0 Å². The van der Waals surface area contributed by atoms with Gasteiger partial charge in [-0.3, -0.25) is 9.54 Å². The van der Waals surface area contributed by atoms with E-state index in [1.807, 2.05) is 0 Å². The molecule has 1 aromatic heterocycles. The standard InChI is InChI=1S/C8H11NO3S/c1-3-7-8(13(10,11)12)5-4-6(2)9-7/h4-5H,3H2,1-2H3,(H,10,11,12). The molecule has 0 radical (unpaired) electrons. The van der Waals surface area contributed by atoms with Gasteiger partial charge in [0, 0.05) is 5.69 Å². The Hall–Kier alpha value is -0.940.